The van der Waals surface area contributed by atoms with E-state index in [1.165, 1.54) is 0 Å². The Hall–Kier alpha value is -2.60. The molecule has 0 saturated heterocycles. The lowest BCUT2D eigenvalue weighted by Gasteiger charge is -2.29. The Labute approximate surface area is 217 Å². The van der Waals surface area contributed by atoms with Gasteiger partial charge in [0.15, 0.2) is 0 Å². The molecule has 0 saturated carbocycles. The van der Waals surface area contributed by atoms with Crippen LogP contribution in [0.5, 0.6) is 0 Å². The predicted molar refractivity (Wildman–Crippen MR) is 143 cm³/mol. The van der Waals surface area contributed by atoms with Crippen LogP contribution in [0, 0.1) is 0 Å². The highest BCUT2D eigenvalue weighted by molar-refractivity contribution is 6.32. The molecular formula is C28H32Cl2N3O2+. The van der Waals surface area contributed by atoms with Gasteiger partial charge in [0.1, 0.15) is 0 Å². The summed E-state index contributed by atoms with van der Waals surface area (Å²) in [6.45, 7) is 3.95. The molecule has 2 aromatic rings. The van der Waals surface area contributed by atoms with Crippen molar-refractivity contribution >= 4 is 46.4 Å². The number of carbonyl (C=O) groups is 2. The maximum Gasteiger partial charge on any atom is 0.261 e. The fraction of sp³-hybridized carbons (Fsp3) is 0.357. The van der Waals surface area contributed by atoms with E-state index in [0.29, 0.717) is 50.2 Å². The van der Waals surface area contributed by atoms with Gasteiger partial charge in [-0.2, -0.15) is 0 Å². The minimum atomic E-state index is -0.130. The summed E-state index contributed by atoms with van der Waals surface area (Å²) in [5.74, 6) is -0.248. The van der Waals surface area contributed by atoms with Crippen LogP contribution in [-0.2, 0) is 9.59 Å². The topological polar surface area (TPSA) is 40.6 Å². The van der Waals surface area contributed by atoms with Crippen LogP contribution in [0.4, 0.5) is 0 Å². The first-order chi connectivity index (χ1) is 16.6. The number of benzene rings is 2. The molecule has 2 heterocycles. The molecule has 0 spiro atoms. The van der Waals surface area contributed by atoms with Gasteiger partial charge in [0.2, 0.25) is 0 Å². The molecule has 0 unspecified atom stereocenters. The Morgan fingerprint density at radius 3 is 1.51 bits per heavy atom. The van der Waals surface area contributed by atoms with Gasteiger partial charge in [0.25, 0.3) is 11.8 Å². The van der Waals surface area contributed by atoms with Crippen molar-refractivity contribution in [2.75, 3.05) is 40.8 Å². The summed E-state index contributed by atoms with van der Waals surface area (Å²) in [4.78, 5) is 31.5. The number of halogens is 2. The Morgan fingerprint density at radius 2 is 1.11 bits per heavy atom. The quantitative estimate of drug-likeness (QED) is 0.319. The molecule has 0 aliphatic carbocycles. The van der Waals surface area contributed by atoms with E-state index < -0.39 is 0 Å². The number of hydrogen-bond acceptors (Lipinski definition) is 2. The summed E-state index contributed by atoms with van der Waals surface area (Å²) in [7, 11) is 6.28. The standard InChI is InChI=1S/C28H32Cl2N3O2/c1-5-6-7-16-31-25(19-8-12-21(29)13-9-19)23-24(27(31)34)26(20-10-14-22(30)15-11-20)32(28(23)35)17-18-33(2,3)4/h8-15H,5-7,16-18H2,1-4H3/q+1. The van der Waals surface area contributed by atoms with Crippen molar-refractivity contribution in [3.63, 3.8) is 0 Å². The highest BCUT2D eigenvalue weighted by Crippen LogP contribution is 2.46. The van der Waals surface area contributed by atoms with E-state index in [4.69, 9.17) is 23.2 Å². The van der Waals surface area contributed by atoms with Crippen LogP contribution in [0.1, 0.15) is 37.3 Å². The van der Waals surface area contributed by atoms with E-state index in [0.717, 1.165) is 36.9 Å². The fourth-order valence-corrected chi connectivity index (χ4v) is 4.81. The molecule has 0 radical (unpaired) electrons. The van der Waals surface area contributed by atoms with Crippen LogP contribution in [-0.4, -0.2) is 66.9 Å². The summed E-state index contributed by atoms with van der Waals surface area (Å²) < 4.78 is 0.702. The first-order valence-corrected chi connectivity index (χ1v) is 12.8. The van der Waals surface area contributed by atoms with Crippen molar-refractivity contribution in [1.82, 2.24) is 9.80 Å². The number of hydrogen-bond donors (Lipinski definition) is 0. The van der Waals surface area contributed by atoms with Crippen molar-refractivity contribution in [1.29, 1.82) is 0 Å². The zero-order valence-corrected chi connectivity index (χ0v) is 22.3. The van der Waals surface area contributed by atoms with Crippen molar-refractivity contribution in [3.05, 3.63) is 80.8 Å². The molecule has 184 valence electrons. The van der Waals surface area contributed by atoms with Gasteiger partial charge in [-0.1, -0.05) is 67.2 Å². The molecular weight excluding hydrogens is 481 g/mol. The molecule has 2 aliphatic rings. The van der Waals surface area contributed by atoms with Crippen LogP contribution >= 0.6 is 23.2 Å². The van der Waals surface area contributed by atoms with Crippen LogP contribution in [0.2, 0.25) is 10.0 Å². The molecule has 0 fully saturated rings. The molecule has 0 bridgehead atoms. The second-order valence-corrected chi connectivity index (χ2v) is 11.0. The van der Waals surface area contributed by atoms with Crippen molar-refractivity contribution < 1.29 is 14.1 Å². The first-order valence-electron chi connectivity index (χ1n) is 12.1. The number of carbonyl (C=O) groups excluding carboxylic acids is 2. The third kappa shape index (κ3) is 5.18. The maximum atomic E-state index is 14.0. The molecule has 0 atom stereocenters. The van der Waals surface area contributed by atoms with Crippen LogP contribution < -0.4 is 0 Å². The monoisotopic (exact) mass is 512 g/mol. The SMILES string of the molecule is CCCCCN1C(=O)C2=C(c3ccc(Cl)cc3)N(CC[N+](C)(C)C)C(=O)C2=C1c1ccc(Cl)cc1. The molecule has 0 aromatic heterocycles. The predicted octanol–water partition coefficient (Wildman–Crippen LogP) is 5.70. The molecule has 0 N–H and O–H groups in total. The van der Waals surface area contributed by atoms with Crippen LogP contribution in [0.15, 0.2) is 59.7 Å². The second-order valence-electron chi connectivity index (χ2n) is 10.1. The van der Waals surface area contributed by atoms with Gasteiger partial charge in [0, 0.05) is 16.6 Å². The zero-order chi connectivity index (χ0) is 25.3. The lowest BCUT2D eigenvalue weighted by molar-refractivity contribution is -0.869. The third-order valence-corrected chi connectivity index (χ3v) is 6.90. The van der Waals surface area contributed by atoms with E-state index >= 15 is 0 Å². The summed E-state index contributed by atoms with van der Waals surface area (Å²) in [6.07, 6.45) is 2.93. The minimum absolute atomic E-state index is 0.118. The lowest BCUT2D eigenvalue weighted by atomic mass is 10.0. The van der Waals surface area contributed by atoms with Gasteiger partial charge in [-0.15, -0.1) is 0 Å². The highest BCUT2D eigenvalue weighted by Gasteiger charge is 2.48. The molecule has 7 heteroatoms. The largest absolute Gasteiger partial charge is 0.329 e. The fourth-order valence-electron chi connectivity index (χ4n) is 4.56. The van der Waals surface area contributed by atoms with Crippen molar-refractivity contribution in [3.8, 4) is 0 Å². The van der Waals surface area contributed by atoms with Crippen LogP contribution in [0.25, 0.3) is 11.4 Å². The van der Waals surface area contributed by atoms with E-state index in [-0.39, 0.29) is 11.8 Å². The van der Waals surface area contributed by atoms with Gasteiger partial charge in [-0.3, -0.25) is 9.59 Å². The summed E-state index contributed by atoms with van der Waals surface area (Å²) in [5.41, 5.74) is 3.96. The van der Waals surface area contributed by atoms with E-state index in [1.807, 2.05) is 24.3 Å². The maximum absolute atomic E-state index is 14.0. The van der Waals surface area contributed by atoms with Gasteiger partial charge in [-0.05, 0) is 41.8 Å². The second kappa shape index (κ2) is 10.2. The number of fused-ring (bicyclic) bond motifs is 1. The Balaban J connectivity index is 1.91. The molecule has 4 rings (SSSR count). The molecule has 2 aromatic carbocycles. The Morgan fingerprint density at radius 1 is 0.686 bits per heavy atom. The number of nitrogens with zero attached hydrogens (tertiary/aromatic N) is 3. The number of unbranched alkanes of at least 4 members (excludes halogenated alkanes) is 2. The average molecular weight is 513 g/mol. The van der Waals surface area contributed by atoms with E-state index in [1.54, 1.807) is 34.1 Å². The number of amides is 2. The molecule has 35 heavy (non-hydrogen) atoms. The molecule has 2 amide bonds. The minimum Gasteiger partial charge on any atom is -0.329 e. The van der Waals surface area contributed by atoms with Gasteiger partial charge >= 0.3 is 0 Å². The molecule has 2 aliphatic heterocycles. The van der Waals surface area contributed by atoms with E-state index in [2.05, 4.69) is 28.1 Å². The highest BCUT2D eigenvalue weighted by atomic mass is 35.5. The van der Waals surface area contributed by atoms with Crippen molar-refractivity contribution in [2.45, 2.75) is 26.2 Å². The third-order valence-electron chi connectivity index (χ3n) is 6.40. The lowest BCUT2D eigenvalue weighted by Crippen LogP contribution is -2.42. The van der Waals surface area contributed by atoms with Crippen LogP contribution in [0.3, 0.4) is 0 Å². The van der Waals surface area contributed by atoms with Gasteiger partial charge in [-0.25, -0.2) is 0 Å². The van der Waals surface area contributed by atoms with Gasteiger partial charge in [0.05, 0.1) is 56.8 Å². The summed E-state index contributed by atoms with van der Waals surface area (Å²) in [6, 6.07) is 14.7. The Bertz CT molecular complexity index is 1190. The van der Waals surface area contributed by atoms with Gasteiger partial charge < -0.3 is 14.3 Å². The number of likely N-dealkylation sites (N-methyl/N-ethyl adjacent to an activating group) is 1. The van der Waals surface area contributed by atoms with Crippen molar-refractivity contribution in [2.24, 2.45) is 0 Å². The molecule has 5 nitrogen and oxygen atoms in total. The summed E-state index contributed by atoms with van der Waals surface area (Å²) in [5, 5.41) is 1.22. The number of quaternary nitrogens is 1. The Kier molecular flexibility index (Phi) is 7.41. The summed E-state index contributed by atoms with van der Waals surface area (Å²) >= 11 is 12.3. The zero-order valence-electron chi connectivity index (χ0n) is 20.8. The first kappa shape index (κ1) is 25.5. The normalized spacial score (nSPS) is 16.2. The average Bonchev–Trinajstić information content (AvgIpc) is 3.25. The smallest absolute Gasteiger partial charge is 0.261 e. The van der Waals surface area contributed by atoms with E-state index in [9.17, 15) is 9.59 Å². The number of rotatable bonds is 9.